The lowest BCUT2D eigenvalue weighted by atomic mass is 9.88. The summed E-state index contributed by atoms with van der Waals surface area (Å²) in [6, 6.07) is 7.21. The van der Waals surface area contributed by atoms with Crippen LogP contribution in [0.4, 0.5) is 5.69 Å². The molecular weight excluding hydrogens is 344 g/mol. The predicted octanol–water partition coefficient (Wildman–Crippen LogP) is 4.56. The van der Waals surface area contributed by atoms with Crippen LogP contribution in [0.25, 0.3) is 10.2 Å². The monoisotopic (exact) mass is 366 g/mol. The second-order valence-electron chi connectivity index (χ2n) is 6.66. The molecule has 4 nitrogen and oxygen atoms in total. The molecule has 1 aromatic carbocycles. The van der Waals surface area contributed by atoms with E-state index in [0.29, 0.717) is 21.9 Å². The van der Waals surface area contributed by atoms with Crippen LogP contribution in [0.5, 0.6) is 5.75 Å². The molecule has 1 aliphatic carbocycles. The van der Waals surface area contributed by atoms with Crippen LogP contribution in [0.3, 0.4) is 0 Å². The van der Waals surface area contributed by atoms with Crippen molar-refractivity contribution in [3.8, 4) is 5.75 Å². The molecule has 3 aromatic rings. The van der Waals surface area contributed by atoms with Gasteiger partial charge in [0.1, 0.15) is 15.5 Å². The Morgan fingerprint density at radius 3 is 2.77 bits per heavy atom. The van der Waals surface area contributed by atoms with Crippen LogP contribution >= 0.6 is 11.3 Å². The van der Waals surface area contributed by atoms with Gasteiger partial charge in [0, 0.05) is 16.6 Å². The molecule has 0 aliphatic heterocycles. The molecule has 2 aromatic heterocycles. The minimum atomic E-state index is -0.0630. The number of hydrogen-bond acceptors (Lipinski definition) is 5. The molecule has 26 heavy (non-hydrogen) atoms. The smallest absolute Gasteiger partial charge is 0.205 e. The first-order valence-corrected chi connectivity index (χ1v) is 9.87. The lowest BCUT2D eigenvalue weighted by molar-refractivity contribution is 0.104. The van der Waals surface area contributed by atoms with Gasteiger partial charge in [0.25, 0.3) is 0 Å². The van der Waals surface area contributed by atoms with Gasteiger partial charge in [-0.2, -0.15) is 0 Å². The third-order valence-electron chi connectivity index (χ3n) is 5.15. The first-order chi connectivity index (χ1) is 12.6. The van der Waals surface area contributed by atoms with Gasteiger partial charge in [-0.25, -0.2) is 4.98 Å². The van der Waals surface area contributed by atoms with Crippen LogP contribution in [-0.4, -0.2) is 17.9 Å². The van der Waals surface area contributed by atoms with Gasteiger partial charge in [0.15, 0.2) is 0 Å². The molecule has 0 spiro atoms. The third-order valence-corrected chi connectivity index (χ3v) is 6.25. The number of ketones is 1. The average Bonchev–Trinajstić information content (AvgIpc) is 3.03. The van der Waals surface area contributed by atoms with Crippen LogP contribution in [0.15, 0.2) is 24.3 Å². The maximum absolute atomic E-state index is 13.1. The van der Waals surface area contributed by atoms with E-state index in [1.807, 2.05) is 12.1 Å². The second kappa shape index (κ2) is 6.72. The Hall–Kier alpha value is -2.40. The van der Waals surface area contributed by atoms with Crippen LogP contribution < -0.4 is 10.5 Å². The fourth-order valence-corrected chi connectivity index (χ4v) is 4.96. The number of pyridine rings is 1. The minimum Gasteiger partial charge on any atom is -0.497 e. The zero-order chi connectivity index (χ0) is 18.3. The maximum atomic E-state index is 13.1. The lowest BCUT2D eigenvalue weighted by Gasteiger charge is -2.19. The molecule has 134 valence electrons. The number of hydrogen-bond donors (Lipinski definition) is 1. The number of ether oxygens (including phenoxy) is 1. The first-order valence-electron chi connectivity index (χ1n) is 9.05. The van der Waals surface area contributed by atoms with Gasteiger partial charge in [0.2, 0.25) is 5.78 Å². The van der Waals surface area contributed by atoms with Gasteiger partial charge in [-0.15, -0.1) is 11.3 Å². The van der Waals surface area contributed by atoms with Crippen molar-refractivity contribution in [2.24, 2.45) is 0 Å². The number of aromatic nitrogens is 1. The lowest BCUT2D eigenvalue weighted by Crippen LogP contribution is -2.09. The molecule has 0 atom stereocenters. The molecule has 2 N–H and O–H groups in total. The van der Waals surface area contributed by atoms with Crippen molar-refractivity contribution in [2.45, 2.75) is 39.0 Å². The average molecular weight is 366 g/mol. The van der Waals surface area contributed by atoms with Crippen LogP contribution in [0, 0.1) is 0 Å². The normalized spacial score (nSPS) is 13.6. The number of carbonyl (C=O) groups excluding carboxylic acids is 1. The quantitative estimate of drug-likeness (QED) is 0.688. The highest BCUT2D eigenvalue weighted by atomic mass is 32.1. The predicted molar refractivity (Wildman–Crippen MR) is 106 cm³/mol. The van der Waals surface area contributed by atoms with E-state index in [-0.39, 0.29) is 5.78 Å². The molecule has 4 rings (SSSR count). The minimum absolute atomic E-state index is 0.0630. The van der Waals surface area contributed by atoms with Gasteiger partial charge in [-0.3, -0.25) is 4.79 Å². The summed E-state index contributed by atoms with van der Waals surface area (Å²) in [5.41, 5.74) is 11.5. The molecule has 0 amide bonds. The highest BCUT2D eigenvalue weighted by Crippen LogP contribution is 2.40. The van der Waals surface area contributed by atoms with E-state index < -0.39 is 0 Å². The Bertz CT molecular complexity index is 1010. The fourth-order valence-electron chi connectivity index (χ4n) is 3.85. The molecule has 5 heteroatoms. The van der Waals surface area contributed by atoms with Crippen LogP contribution in [0.1, 0.15) is 51.8 Å². The van der Waals surface area contributed by atoms with Crippen molar-refractivity contribution in [3.05, 3.63) is 51.5 Å². The molecule has 0 saturated carbocycles. The number of nitrogens with two attached hydrogens (primary N) is 1. The Balaban J connectivity index is 1.89. The fraction of sp³-hybridized carbons (Fsp3) is 0.333. The summed E-state index contributed by atoms with van der Waals surface area (Å²) >= 11 is 1.42. The van der Waals surface area contributed by atoms with E-state index in [0.717, 1.165) is 35.2 Å². The van der Waals surface area contributed by atoms with Crippen molar-refractivity contribution in [1.82, 2.24) is 4.98 Å². The van der Waals surface area contributed by atoms with E-state index in [4.69, 9.17) is 15.5 Å². The van der Waals surface area contributed by atoms with E-state index in [1.165, 1.54) is 35.3 Å². The van der Waals surface area contributed by atoms with Gasteiger partial charge < -0.3 is 10.5 Å². The number of methoxy groups -OCH3 is 1. The van der Waals surface area contributed by atoms with Crippen molar-refractivity contribution < 1.29 is 9.53 Å². The molecule has 2 heterocycles. The SMILES string of the molecule is CCc1nc2sc(C(=O)c3cccc(OC)c3)c(N)c2c2c1CCCC2. The summed E-state index contributed by atoms with van der Waals surface area (Å²) in [5.74, 6) is 0.603. The third kappa shape index (κ3) is 2.67. The van der Waals surface area contributed by atoms with E-state index in [2.05, 4.69) is 6.92 Å². The number of nitrogen functional groups attached to an aromatic ring is 1. The van der Waals surface area contributed by atoms with Crippen molar-refractivity contribution in [3.63, 3.8) is 0 Å². The van der Waals surface area contributed by atoms with Crippen LogP contribution in [-0.2, 0) is 19.3 Å². The molecule has 0 unspecified atom stereocenters. The Morgan fingerprint density at radius 2 is 2.04 bits per heavy atom. The topological polar surface area (TPSA) is 65.2 Å². The maximum Gasteiger partial charge on any atom is 0.205 e. The molecule has 0 fully saturated rings. The van der Waals surface area contributed by atoms with Gasteiger partial charge in [-0.05, 0) is 55.4 Å². The summed E-state index contributed by atoms with van der Waals surface area (Å²) in [4.78, 5) is 19.4. The number of carbonyl (C=O) groups is 1. The summed E-state index contributed by atoms with van der Waals surface area (Å²) in [5, 5.41) is 1.01. The first kappa shape index (κ1) is 17.0. The second-order valence-corrected chi connectivity index (χ2v) is 7.66. The summed E-state index contributed by atoms with van der Waals surface area (Å²) in [6.07, 6.45) is 5.37. The van der Waals surface area contributed by atoms with Gasteiger partial charge in [-0.1, -0.05) is 19.1 Å². The molecule has 0 saturated heterocycles. The van der Waals surface area contributed by atoms with Gasteiger partial charge in [0.05, 0.1) is 12.8 Å². The largest absolute Gasteiger partial charge is 0.497 e. The number of fused-ring (bicyclic) bond motifs is 3. The zero-order valence-corrected chi connectivity index (χ0v) is 15.9. The van der Waals surface area contributed by atoms with E-state index >= 15 is 0 Å². The highest BCUT2D eigenvalue weighted by Gasteiger charge is 2.25. The Kier molecular flexibility index (Phi) is 4.41. The van der Waals surface area contributed by atoms with E-state index in [9.17, 15) is 4.79 Å². The summed E-state index contributed by atoms with van der Waals surface area (Å²) in [6.45, 7) is 2.14. The number of aryl methyl sites for hydroxylation is 2. The summed E-state index contributed by atoms with van der Waals surface area (Å²) in [7, 11) is 1.60. The van der Waals surface area contributed by atoms with Crippen molar-refractivity contribution in [1.29, 1.82) is 0 Å². The van der Waals surface area contributed by atoms with Crippen molar-refractivity contribution in [2.75, 3.05) is 12.8 Å². The Morgan fingerprint density at radius 1 is 1.27 bits per heavy atom. The highest BCUT2D eigenvalue weighted by molar-refractivity contribution is 7.21. The number of anilines is 1. The molecular formula is C21H22N2O2S. The number of rotatable bonds is 4. The molecule has 0 radical (unpaired) electrons. The standard InChI is InChI=1S/C21H22N2O2S/c1-3-16-14-9-4-5-10-15(14)17-18(22)20(26-21(17)23-16)19(24)12-7-6-8-13(11-12)25-2/h6-8,11H,3-5,9-10,22H2,1-2H3. The molecule has 1 aliphatic rings. The Labute approximate surface area is 157 Å². The summed E-state index contributed by atoms with van der Waals surface area (Å²) < 4.78 is 5.24. The van der Waals surface area contributed by atoms with Crippen LogP contribution in [0.2, 0.25) is 0 Å². The number of benzene rings is 1. The number of thiophene rings is 1. The molecule has 0 bridgehead atoms. The zero-order valence-electron chi connectivity index (χ0n) is 15.1. The van der Waals surface area contributed by atoms with Gasteiger partial charge >= 0.3 is 0 Å². The van der Waals surface area contributed by atoms with Crippen molar-refractivity contribution >= 4 is 33.0 Å². The van der Waals surface area contributed by atoms with E-state index in [1.54, 1.807) is 19.2 Å². The number of nitrogens with zero attached hydrogens (tertiary/aromatic N) is 1.